The van der Waals surface area contributed by atoms with E-state index in [9.17, 15) is 14.4 Å². The predicted molar refractivity (Wildman–Crippen MR) is 83.4 cm³/mol. The molecule has 0 unspecified atom stereocenters. The van der Waals surface area contributed by atoms with Crippen molar-refractivity contribution in [3.8, 4) is 6.07 Å². The fourth-order valence-electron chi connectivity index (χ4n) is 1.77. The minimum Gasteiger partial charge on any atom is -0.467 e. The lowest BCUT2D eigenvalue weighted by Gasteiger charge is -2.15. The zero-order chi connectivity index (χ0) is 17.8. The first-order chi connectivity index (χ1) is 11.6. The number of carbonyl (C=O) groups excluding carboxylic acids is 3. The molecule has 2 N–H and O–H groups in total. The Balaban J connectivity index is 2.34. The van der Waals surface area contributed by atoms with Gasteiger partial charge in [0.05, 0.1) is 13.2 Å². The van der Waals surface area contributed by atoms with E-state index in [4.69, 9.17) is 10.00 Å². The molecule has 0 saturated heterocycles. The molecule has 128 valence electrons. The van der Waals surface area contributed by atoms with Crippen LogP contribution in [0.1, 0.15) is 18.4 Å². The van der Waals surface area contributed by atoms with Crippen LogP contribution in [0.4, 0.5) is 4.79 Å². The summed E-state index contributed by atoms with van der Waals surface area (Å²) in [7, 11) is 1.19. The van der Waals surface area contributed by atoms with Crippen LogP contribution >= 0.6 is 0 Å². The maximum atomic E-state index is 11.7. The molecule has 0 saturated carbocycles. The lowest BCUT2D eigenvalue weighted by molar-refractivity contribution is -0.145. The standard InChI is InChI=1S/C16H19N3O5/c1-23-15(21)13(8-5-9-17)19-14(20)10-18-16(22)24-11-12-6-3-2-4-7-12/h2-4,6-7,13H,5,8,10-11H2,1H3,(H,18,22)(H,19,20)/t13-/m0/s1. The quantitative estimate of drug-likeness (QED) is 0.682. The van der Waals surface area contributed by atoms with Crippen molar-refractivity contribution in [3.05, 3.63) is 35.9 Å². The molecule has 1 atom stereocenters. The number of hydrogen-bond acceptors (Lipinski definition) is 6. The Kier molecular flexibility index (Phi) is 8.39. The molecule has 0 fully saturated rings. The maximum absolute atomic E-state index is 11.7. The highest BCUT2D eigenvalue weighted by molar-refractivity contribution is 5.87. The van der Waals surface area contributed by atoms with Crippen LogP contribution in [0.25, 0.3) is 0 Å². The van der Waals surface area contributed by atoms with Gasteiger partial charge in [-0.15, -0.1) is 0 Å². The molecule has 0 aliphatic heterocycles. The molecule has 0 spiro atoms. The van der Waals surface area contributed by atoms with E-state index in [1.54, 1.807) is 12.1 Å². The van der Waals surface area contributed by atoms with E-state index < -0.39 is 24.0 Å². The van der Waals surface area contributed by atoms with Gasteiger partial charge in [0.2, 0.25) is 5.91 Å². The van der Waals surface area contributed by atoms with Gasteiger partial charge in [-0.25, -0.2) is 9.59 Å². The van der Waals surface area contributed by atoms with Gasteiger partial charge < -0.3 is 20.1 Å². The van der Waals surface area contributed by atoms with Gasteiger partial charge in [-0.2, -0.15) is 5.26 Å². The highest BCUT2D eigenvalue weighted by Crippen LogP contribution is 2.01. The normalized spacial score (nSPS) is 10.8. The lowest BCUT2D eigenvalue weighted by atomic mass is 10.1. The Hall–Kier alpha value is -3.08. The second kappa shape index (κ2) is 10.6. The van der Waals surface area contributed by atoms with Crippen molar-refractivity contribution in [2.45, 2.75) is 25.5 Å². The van der Waals surface area contributed by atoms with Gasteiger partial charge in [0.25, 0.3) is 0 Å². The molecule has 24 heavy (non-hydrogen) atoms. The molecule has 8 nitrogen and oxygen atoms in total. The maximum Gasteiger partial charge on any atom is 0.407 e. The summed E-state index contributed by atoms with van der Waals surface area (Å²) in [5.74, 6) is -1.23. The molecule has 0 aromatic heterocycles. The molecule has 0 bridgehead atoms. The first kappa shape index (κ1) is 19.0. The molecule has 1 rings (SSSR count). The number of nitriles is 1. The van der Waals surface area contributed by atoms with Crippen LogP contribution < -0.4 is 10.6 Å². The van der Waals surface area contributed by atoms with Crippen LogP contribution in [0.3, 0.4) is 0 Å². The zero-order valence-corrected chi connectivity index (χ0v) is 13.3. The number of amides is 2. The molecule has 0 aliphatic rings. The highest BCUT2D eigenvalue weighted by atomic mass is 16.5. The number of nitrogens with zero attached hydrogens (tertiary/aromatic N) is 1. The summed E-state index contributed by atoms with van der Waals surface area (Å²) in [5, 5.41) is 13.2. The topological polar surface area (TPSA) is 118 Å². The van der Waals surface area contributed by atoms with Crippen molar-refractivity contribution in [1.82, 2.24) is 10.6 Å². The number of methoxy groups -OCH3 is 1. The van der Waals surface area contributed by atoms with Gasteiger partial charge >= 0.3 is 12.1 Å². The Labute approximate surface area is 139 Å². The van der Waals surface area contributed by atoms with Crippen LogP contribution in [0.2, 0.25) is 0 Å². The third kappa shape index (κ3) is 7.26. The summed E-state index contributed by atoms with van der Waals surface area (Å²) >= 11 is 0. The van der Waals surface area contributed by atoms with Gasteiger partial charge in [-0.3, -0.25) is 4.79 Å². The Bertz CT molecular complexity index is 597. The van der Waals surface area contributed by atoms with Crippen molar-refractivity contribution < 1.29 is 23.9 Å². The van der Waals surface area contributed by atoms with Crippen molar-refractivity contribution in [2.75, 3.05) is 13.7 Å². The molecule has 8 heteroatoms. The molecular weight excluding hydrogens is 314 g/mol. The third-order valence-corrected chi connectivity index (χ3v) is 2.97. The molecule has 1 aromatic carbocycles. The lowest BCUT2D eigenvalue weighted by Crippen LogP contribution is -2.46. The Morgan fingerprint density at radius 3 is 2.58 bits per heavy atom. The monoisotopic (exact) mass is 333 g/mol. The Morgan fingerprint density at radius 2 is 1.96 bits per heavy atom. The first-order valence-electron chi connectivity index (χ1n) is 7.25. The molecule has 0 radical (unpaired) electrons. The van der Waals surface area contributed by atoms with Gasteiger partial charge in [-0.05, 0) is 12.0 Å². The van der Waals surface area contributed by atoms with E-state index in [1.165, 1.54) is 7.11 Å². The SMILES string of the molecule is COC(=O)[C@H](CCC#N)NC(=O)CNC(=O)OCc1ccccc1. The Morgan fingerprint density at radius 1 is 1.25 bits per heavy atom. The second-order valence-corrected chi connectivity index (χ2v) is 4.76. The highest BCUT2D eigenvalue weighted by Gasteiger charge is 2.21. The van der Waals surface area contributed by atoms with E-state index in [-0.39, 0.29) is 26.0 Å². The van der Waals surface area contributed by atoms with E-state index in [1.807, 2.05) is 24.3 Å². The summed E-state index contributed by atoms with van der Waals surface area (Å²) in [6.07, 6.45) is -0.527. The smallest absolute Gasteiger partial charge is 0.407 e. The van der Waals surface area contributed by atoms with Crippen molar-refractivity contribution >= 4 is 18.0 Å². The zero-order valence-electron chi connectivity index (χ0n) is 13.3. The molecule has 2 amide bonds. The van der Waals surface area contributed by atoms with E-state index in [0.717, 1.165) is 5.56 Å². The average molecular weight is 333 g/mol. The molecular formula is C16H19N3O5. The first-order valence-corrected chi connectivity index (χ1v) is 7.25. The van der Waals surface area contributed by atoms with E-state index >= 15 is 0 Å². The summed E-state index contributed by atoms with van der Waals surface area (Å²) < 4.78 is 9.50. The van der Waals surface area contributed by atoms with Crippen LogP contribution in [0, 0.1) is 11.3 Å². The summed E-state index contributed by atoms with van der Waals surface area (Å²) in [5.41, 5.74) is 0.819. The number of rotatable bonds is 8. The van der Waals surface area contributed by atoms with Crippen LogP contribution in [0.15, 0.2) is 30.3 Å². The van der Waals surface area contributed by atoms with Gasteiger partial charge in [0, 0.05) is 6.42 Å². The molecule has 0 heterocycles. The second-order valence-electron chi connectivity index (χ2n) is 4.76. The largest absolute Gasteiger partial charge is 0.467 e. The van der Waals surface area contributed by atoms with Gasteiger partial charge in [0.15, 0.2) is 0 Å². The van der Waals surface area contributed by atoms with Crippen LogP contribution in [-0.2, 0) is 25.7 Å². The van der Waals surface area contributed by atoms with Gasteiger partial charge in [-0.1, -0.05) is 30.3 Å². The van der Waals surface area contributed by atoms with E-state index in [0.29, 0.717) is 0 Å². The summed E-state index contributed by atoms with van der Waals surface area (Å²) in [6, 6.07) is 10.0. The van der Waals surface area contributed by atoms with Crippen LogP contribution in [0.5, 0.6) is 0 Å². The number of benzene rings is 1. The molecule has 0 aliphatic carbocycles. The van der Waals surface area contributed by atoms with Crippen molar-refractivity contribution in [2.24, 2.45) is 0 Å². The number of esters is 1. The number of nitrogens with one attached hydrogen (secondary N) is 2. The number of carbonyl (C=O) groups is 3. The predicted octanol–water partition coefficient (Wildman–Crippen LogP) is 0.874. The fourth-order valence-corrected chi connectivity index (χ4v) is 1.77. The fraction of sp³-hybridized carbons (Fsp3) is 0.375. The van der Waals surface area contributed by atoms with E-state index in [2.05, 4.69) is 15.4 Å². The number of ether oxygens (including phenoxy) is 2. The average Bonchev–Trinajstić information content (AvgIpc) is 2.61. The van der Waals surface area contributed by atoms with Crippen molar-refractivity contribution in [1.29, 1.82) is 5.26 Å². The molecule has 1 aromatic rings. The minimum atomic E-state index is -0.927. The number of alkyl carbamates (subject to hydrolysis) is 1. The third-order valence-electron chi connectivity index (χ3n) is 2.97. The summed E-state index contributed by atoms with van der Waals surface area (Å²) in [6.45, 7) is -0.269. The summed E-state index contributed by atoms with van der Waals surface area (Å²) in [4.78, 5) is 34.8. The minimum absolute atomic E-state index is 0.0846. The van der Waals surface area contributed by atoms with Crippen LogP contribution in [-0.4, -0.2) is 37.7 Å². The van der Waals surface area contributed by atoms with Gasteiger partial charge in [0.1, 0.15) is 19.2 Å². The van der Waals surface area contributed by atoms with Crippen molar-refractivity contribution in [3.63, 3.8) is 0 Å². The number of hydrogen-bond donors (Lipinski definition) is 2.